The van der Waals surface area contributed by atoms with Crippen molar-refractivity contribution in [2.75, 3.05) is 0 Å². The fraction of sp³-hybridized carbons (Fsp3) is 0.714. The molecule has 0 aliphatic heterocycles. The first-order valence-corrected chi connectivity index (χ1v) is 4.02. The van der Waals surface area contributed by atoms with Crippen molar-refractivity contribution in [1.82, 2.24) is 0 Å². The molecule has 0 heterocycles. The molecule has 1 rings (SSSR count). The lowest BCUT2D eigenvalue weighted by molar-refractivity contribution is -0.371. The molecule has 112 valence electrons. The Hall–Kier alpha value is -1.10. The van der Waals surface area contributed by atoms with E-state index in [1.165, 1.54) is 0 Å². The van der Waals surface area contributed by atoms with Crippen LogP contribution in [0.3, 0.4) is 0 Å². The fourth-order valence-electron chi connectivity index (χ4n) is 1.29. The molecule has 1 aliphatic carbocycles. The van der Waals surface area contributed by atoms with E-state index in [4.69, 9.17) is 0 Å². The molecule has 19 heavy (non-hydrogen) atoms. The van der Waals surface area contributed by atoms with Crippen molar-refractivity contribution in [1.29, 1.82) is 0 Å². The van der Waals surface area contributed by atoms with E-state index in [0.29, 0.717) is 0 Å². The van der Waals surface area contributed by atoms with E-state index in [2.05, 4.69) is 0 Å². The molecule has 0 spiro atoms. The van der Waals surface area contributed by atoms with E-state index in [9.17, 15) is 52.7 Å². The van der Waals surface area contributed by atoms with Crippen LogP contribution >= 0.6 is 0 Å². The van der Waals surface area contributed by atoms with E-state index in [0.717, 1.165) is 0 Å². The molecule has 0 amide bonds. The largest absolute Gasteiger partial charge is 0.421 e. The molecule has 0 radical (unpaired) electrons. The van der Waals surface area contributed by atoms with Gasteiger partial charge in [0.25, 0.3) is 0 Å². The van der Waals surface area contributed by atoms with Gasteiger partial charge in [-0.15, -0.1) is 0 Å². The maximum absolute atomic E-state index is 12.7. The first-order valence-electron chi connectivity index (χ1n) is 4.02. The zero-order chi connectivity index (χ0) is 15.7. The minimum Gasteiger partial charge on any atom is -0.204 e. The summed E-state index contributed by atoms with van der Waals surface area (Å²) in [5, 5.41) is 0. The Morgan fingerprint density at radius 2 is 0.947 bits per heavy atom. The Balaban J connectivity index is 3.82. The Morgan fingerprint density at radius 3 is 1.26 bits per heavy atom. The van der Waals surface area contributed by atoms with Crippen molar-refractivity contribution in [2.45, 2.75) is 29.9 Å². The molecule has 0 aromatic heterocycles. The van der Waals surface area contributed by atoms with E-state index >= 15 is 0 Å². The normalized spacial score (nSPS) is 28.4. The summed E-state index contributed by atoms with van der Waals surface area (Å²) in [6, 6.07) is 0. The highest BCUT2D eigenvalue weighted by Crippen LogP contribution is 2.64. The third-order valence-corrected chi connectivity index (χ3v) is 2.28. The molecule has 0 bridgehead atoms. The van der Waals surface area contributed by atoms with Crippen LogP contribution in [0, 0.1) is 0 Å². The average Bonchev–Trinajstić information content (AvgIpc) is 2.12. The summed E-state index contributed by atoms with van der Waals surface area (Å²) in [5.41, 5.74) is -4.32. The molecule has 12 heteroatoms. The van der Waals surface area contributed by atoms with E-state index in [1.807, 2.05) is 0 Å². The summed E-state index contributed by atoms with van der Waals surface area (Å²) in [6.45, 7) is 0. The van der Waals surface area contributed by atoms with Gasteiger partial charge >= 0.3 is 29.9 Å². The summed E-state index contributed by atoms with van der Waals surface area (Å²) in [7, 11) is 0. The van der Waals surface area contributed by atoms with Crippen LogP contribution in [0.25, 0.3) is 0 Å². The van der Waals surface area contributed by atoms with E-state index in [-0.39, 0.29) is 0 Å². The van der Waals surface area contributed by atoms with Gasteiger partial charge < -0.3 is 0 Å². The summed E-state index contributed by atoms with van der Waals surface area (Å²) in [6.07, 6.45) is -6.68. The van der Waals surface area contributed by atoms with Gasteiger partial charge in [-0.25, -0.2) is 4.39 Å². The van der Waals surface area contributed by atoms with Crippen molar-refractivity contribution in [3.8, 4) is 0 Å². The van der Waals surface area contributed by atoms with Crippen molar-refractivity contribution in [3.05, 3.63) is 11.4 Å². The van der Waals surface area contributed by atoms with Crippen molar-refractivity contribution < 1.29 is 52.7 Å². The van der Waals surface area contributed by atoms with Gasteiger partial charge in [0, 0.05) is 0 Å². The zero-order valence-corrected chi connectivity index (χ0v) is 8.04. The second-order valence-electron chi connectivity index (χ2n) is 3.48. The summed E-state index contributed by atoms with van der Waals surface area (Å²) in [4.78, 5) is 0. The van der Waals surface area contributed by atoms with Crippen LogP contribution in [0.2, 0.25) is 0 Å². The van der Waals surface area contributed by atoms with Crippen LogP contribution in [-0.4, -0.2) is 29.9 Å². The number of hydrogen-bond donors (Lipinski definition) is 0. The molecular weight excluding hydrogens is 312 g/mol. The molecule has 0 saturated heterocycles. The van der Waals surface area contributed by atoms with Crippen LogP contribution in [0.4, 0.5) is 52.7 Å². The van der Waals surface area contributed by atoms with Crippen molar-refractivity contribution >= 4 is 0 Å². The van der Waals surface area contributed by atoms with Gasteiger partial charge in [-0.3, -0.25) is 0 Å². The van der Waals surface area contributed by atoms with Gasteiger partial charge in [-0.2, -0.15) is 48.3 Å². The molecule has 0 atom stereocenters. The maximum atomic E-state index is 12.7. The number of alkyl halides is 11. The van der Waals surface area contributed by atoms with Crippen molar-refractivity contribution in [3.63, 3.8) is 0 Å². The molecule has 0 aromatic carbocycles. The third kappa shape index (κ3) is 1.64. The van der Waals surface area contributed by atoms with Crippen LogP contribution in [0.15, 0.2) is 11.4 Å². The first kappa shape index (κ1) is 16.0. The molecule has 0 saturated carbocycles. The standard InChI is InChI=1S/C7F12/c8-2-1(5(13,14)15)3(9,10)6(16,17)7(18,19)4(2,11)12. The molecule has 0 N–H and O–H groups in total. The second-order valence-corrected chi connectivity index (χ2v) is 3.48. The molecule has 0 fully saturated rings. The van der Waals surface area contributed by atoms with Crippen LogP contribution in [-0.2, 0) is 0 Å². The highest BCUT2D eigenvalue weighted by atomic mass is 19.4. The Labute approximate surface area is 95.2 Å². The van der Waals surface area contributed by atoms with Gasteiger partial charge in [0.15, 0.2) is 5.83 Å². The molecule has 1 aliphatic rings. The monoisotopic (exact) mass is 312 g/mol. The Morgan fingerprint density at radius 1 is 0.632 bits per heavy atom. The average molecular weight is 312 g/mol. The Bertz CT molecular complexity index is 424. The Kier molecular flexibility index (Phi) is 2.95. The minimum absolute atomic E-state index is 4.32. The maximum Gasteiger partial charge on any atom is 0.421 e. The number of halogens is 12. The molecule has 0 nitrogen and oxygen atoms in total. The lowest BCUT2D eigenvalue weighted by atomic mass is 9.84. The first-order chi connectivity index (χ1) is 8.03. The highest BCUT2D eigenvalue weighted by molar-refractivity contribution is 5.38. The van der Waals surface area contributed by atoms with Crippen LogP contribution in [0.5, 0.6) is 0 Å². The van der Waals surface area contributed by atoms with Gasteiger partial charge in [0.1, 0.15) is 5.57 Å². The van der Waals surface area contributed by atoms with E-state index in [1.54, 1.807) is 0 Å². The SMILES string of the molecule is FC1=C(C(F)(F)F)C(F)(F)C(F)(F)C(F)(F)C1(F)F. The predicted molar refractivity (Wildman–Crippen MR) is 34.0 cm³/mol. The quantitative estimate of drug-likeness (QED) is 0.584. The lowest BCUT2D eigenvalue weighted by Crippen LogP contribution is -2.68. The third-order valence-electron chi connectivity index (χ3n) is 2.28. The van der Waals surface area contributed by atoms with Crippen molar-refractivity contribution in [2.24, 2.45) is 0 Å². The lowest BCUT2D eigenvalue weighted by Gasteiger charge is -2.41. The highest BCUT2D eigenvalue weighted by Gasteiger charge is 2.88. The topological polar surface area (TPSA) is 0 Å². The smallest absolute Gasteiger partial charge is 0.204 e. The minimum atomic E-state index is -7.12. The summed E-state index contributed by atoms with van der Waals surface area (Å²) < 4.78 is 149. The molecule has 0 aromatic rings. The molecule has 0 unspecified atom stereocenters. The fourth-order valence-corrected chi connectivity index (χ4v) is 1.29. The van der Waals surface area contributed by atoms with Gasteiger partial charge in [0.05, 0.1) is 0 Å². The van der Waals surface area contributed by atoms with Gasteiger partial charge in [-0.1, -0.05) is 0 Å². The molecular formula is C7F12. The van der Waals surface area contributed by atoms with Crippen LogP contribution < -0.4 is 0 Å². The summed E-state index contributed by atoms with van der Waals surface area (Å²) in [5.74, 6) is -32.0. The number of hydrogen-bond acceptors (Lipinski definition) is 0. The van der Waals surface area contributed by atoms with E-state index < -0.39 is 41.3 Å². The second kappa shape index (κ2) is 3.51. The summed E-state index contributed by atoms with van der Waals surface area (Å²) >= 11 is 0. The number of allylic oxidation sites excluding steroid dienone is 2. The zero-order valence-electron chi connectivity index (χ0n) is 8.04. The van der Waals surface area contributed by atoms with Gasteiger partial charge in [0.2, 0.25) is 0 Å². The predicted octanol–water partition coefficient (Wildman–Crippen LogP) is 4.33. The number of rotatable bonds is 0. The van der Waals surface area contributed by atoms with Crippen LogP contribution in [0.1, 0.15) is 0 Å². The van der Waals surface area contributed by atoms with Gasteiger partial charge in [-0.05, 0) is 0 Å².